The molecule has 2 heterocycles. The second kappa shape index (κ2) is 4.93. The topological polar surface area (TPSA) is 55.6 Å². The molecule has 0 saturated carbocycles. The van der Waals surface area contributed by atoms with Gasteiger partial charge in [0.1, 0.15) is 6.61 Å². The second-order valence-corrected chi connectivity index (χ2v) is 5.38. The number of ether oxygens (including phenoxy) is 1. The summed E-state index contributed by atoms with van der Waals surface area (Å²) in [5, 5.41) is 1.98. The number of para-hydroxylation sites is 1. The molecule has 5 heteroatoms. The minimum atomic E-state index is 0.0811. The minimum absolute atomic E-state index is 0.0811. The smallest absolute Gasteiger partial charge is 0.232 e. The van der Waals surface area contributed by atoms with Crippen molar-refractivity contribution in [2.24, 2.45) is 0 Å². The first-order chi connectivity index (χ1) is 9.25. The first kappa shape index (κ1) is 12.0. The van der Waals surface area contributed by atoms with Gasteiger partial charge in [-0.05, 0) is 23.6 Å². The van der Waals surface area contributed by atoms with E-state index in [1.165, 1.54) is 0 Å². The monoisotopic (exact) mass is 274 g/mol. The number of benzene rings is 1. The summed E-state index contributed by atoms with van der Waals surface area (Å²) in [7, 11) is 0. The summed E-state index contributed by atoms with van der Waals surface area (Å²) >= 11 is 1.60. The molecule has 0 radical (unpaired) electrons. The van der Waals surface area contributed by atoms with Crippen LogP contribution >= 0.6 is 11.3 Å². The number of thiophene rings is 1. The highest BCUT2D eigenvalue weighted by Crippen LogP contribution is 2.36. The molecule has 0 aliphatic carbocycles. The second-order valence-electron chi connectivity index (χ2n) is 4.35. The highest BCUT2D eigenvalue weighted by atomic mass is 32.1. The zero-order valence-corrected chi connectivity index (χ0v) is 11.2. The third-order valence-corrected chi connectivity index (χ3v) is 3.96. The third kappa shape index (κ3) is 2.29. The van der Waals surface area contributed by atoms with E-state index in [9.17, 15) is 4.79 Å². The molecular weight excluding hydrogens is 260 g/mol. The van der Waals surface area contributed by atoms with Crippen LogP contribution in [-0.2, 0) is 11.2 Å². The molecule has 19 heavy (non-hydrogen) atoms. The Hall–Kier alpha value is -2.01. The lowest BCUT2D eigenvalue weighted by Crippen LogP contribution is -2.38. The predicted octanol–water partition coefficient (Wildman–Crippen LogP) is 2.30. The van der Waals surface area contributed by atoms with Gasteiger partial charge in [0.15, 0.2) is 5.75 Å². The van der Waals surface area contributed by atoms with E-state index in [4.69, 9.17) is 10.5 Å². The van der Waals surface area contributed by atoms with E-state index in [1.54, 1.807) is 22.3 Å². The maximum Gasteiger partial charge on any atom is 0.232 e. The van der Waals surface area contributed by atoms with Gasteiger partial charge in [-0.15, -0.1) is 11.3 Å². The van der Waals surface area contributed by atoms with Gasteiger partial charge in [0.25, 0.3) is 0 Å². The lowest BCUT2D eigenvalue weighted by molar-refractivity contribution is -0.118. The van der Waals surface area contributed by atoms with Gasteiger partial charge >= 0.3 is 0 Å². The fourth-order valence-corrected chi connectivity index (χ4v) is 2.88. The summed E-state index contributed by atoms with van der Waals surface area (Å²) in [5.41, 5.74) is 7.23. The molecule has 0 unspecified atom stereocenters. The maximum absolute atomic E-state index is 12.4. The number of anilines is 2. The average Bonchev–Trinajstić information content (AvgIpc) is 2.91. The Morgan fingerprint density at radius 2 is 2.26 bits per heavy atom. The fourth-order valence-electron chi connectivity index (χ4n) is 2.19. The Balaban J connectivity index is 1.87. The summed E-state index contributed by atoms with van der Waals surface area (Å²) in [6.07, 6.45) is 0.423. The maximum atomic E-state index is 12.4. The minimum Gasteiger partial charge on any atom is -0.487 e. The van der Waals surface area contributed by atoms with Gasteiger partial charge in [-0.2, -0.15) is 0 Å². The molecule has 1 aliphatic heterocycles. The molecular formula is C14H14N2O2S. The number of carbonyl (C=O) groups excluding carboxylic acids is 1. The molecule has 1 aliphatic rings. The van der Waals surface area contributed by atoms with Crippen LogP contribution in [0.15, 0.2) is 35.7 Å². The van der Waals surface area contributed by atoms with E-state index in [1.807, 2.05) is 29.6 Å². The Bertz CT molecular complexity index is 595. The number of fused-ring (bicyclic) bond motifs is 1. The Kier molecular flexibility index (Phi) is 3.13. The van der Waals surface area contributed by atoms with Crippen molar-refractivity contribution in [2.75, 3.05) is 23.8 Å². The average molecular weight is 274 g/mol. The van der Waals surface area contributed by atoms with Crippen LogP contribution in [0, 0.1) is 0 Å². The van der Waals surface area contributed by atoms with Crippen LogP contribution in [0.4, 0.5) is 11.4 Å². The molecule has 0 saturated heterocycles. The van der Waals surface area contributed by atoms with Gasteiger partial charge in [0, 0.05) is 4.88 Å². The van der Waals surface area contributed by atoms with Crippen molar-refractivity contribution in [1.29, 1.82) is 0 Å². The number of nitrogens with two attached hydrogens (primary N) is 1. The van der Waals surface area contributed by atoms with Crippen molar-refractivity contribution in [2.45, 2.75) is 6.42 Å². The SMILES string of the molecule is Nc1cccc2c1OCCN2C(=O)Cc1cccs1. The van der Waals surface area contributed by atoms with Crippen molar-refractivity contribution in [3.8, 4) is 5.75 Å². The molecule has 4 nitrogen and oxygen atoms in total. The lowest BCUT2D eigenvalue weighted by atomic mass is 10.2. The van der Waals surface area contributed by atoms with Crippen molar-refractivity contribution < 1.29 is 9.53 Å². The predicted molar refractivity (Wildman–Crippen MR) is 76.7 cm³/mol. The summed E-state index contributed by atoms with van der Waals surface area (Å²) in [4.78, 5) is 15.2. The van der Waals surface area contributed by atoms with Gasteiger partial charge in [-0.1, -0.05) is 12.1 Å². The molecule has 2 N–H and O–H groups in total. The zero-order chi connectivity index (χ0) is 13.2. The quantitative estimate of drug-likeness (QED) is 0.855. The summed E-state index contributed by atoms with van der Waals surface area (Å²) in [6, 6.07) is 9.43. The highest BCUT2D eigenvalue weighted by molar-refractivity contribution is 7.10. The van der Waals surface area contributed by atoms with E-state index >= 15 is 0 Å². The number of carbonyl (C=O) groups is 1. The lowest BCUT2D eigenvalue weighted by Gasteiger charge is -2.30. The molecule has 1 amide bonds. The van der Waals surface area contributed by atoms with Gasteiger partial charge in [0.2, 0.25) is 5.91 Å². The van der Waals surface area contributed by atoms with Crippen LogP contribution in [0.25, 0.3) is 0 Å². The Labute approximate surface area is 115 Å². The standard InChI is InChI=1S/C14H14N2O2S/c15-11-4-1-5-12-14(11)18-7-6-16(12)13(17)9-10-3-2-8-19-10/h1-5,8H,6-7,9,15H2. The largest absolute Gasteiger partial charge is 0.487 e. The van der Waals surface area contributed by atoms with Crippen LogP contribution in [0.2, 0.25) is 0 Å². The normalized spacial score (nSPS) is 13.8. The van der Waals surface area contributed by atoms with E-state index in [-0.39, 0.29) is 5.91 Å². The zero-order valence-electron chi connectivity index (χ0n) is 10.3. The highest BCUT2D eigenvalue weighted by Gasteiger charge is 2.25. The van der Waals surface area contributed by atoms with Gasteiger partial charge in [-0.25, -0.2) is 0 Å². The van der Waals surface area contributed by atoms with E-state index in [0.717, 1.165) is 10.6 Å². The number of rotatable bonds is 2. The van der Waals surface area contributed by atoms with Gasteiger partial charge < -0.3 is 15.4 Å². The number of nitrogen functional groups attached to an aromatic ring is 1. The Morgan fingerprint density at radius 1 is 1.37 bits per heavy atom. The number of amides is 1. The summed E-state index contributed by atoms with van der Waals surface area (Å²) < 4.78 is 5.55. The number of nitrogens with zero attached hydrogens (tertiary/aromatic N) is 1. The Morgan fingerprint density at radius 3 is 3.05 bits per heavy atom. The van der Waals surface area contributed by atoms with Crippen molar-refractivity contribution in [3.63, 3.8) is 0 Å². The molecule has 3 rings (SSSR count). The number of hydrogen-bond acceptors (Lipinski definition) is 4. The first-order valence-electron chi connectivity index (χ1n) is 6.10. The number of hydrogen-bond donors (Lipinski definition) is 1. The van der Waals surface area contributed by atoms with Crippen molar-refractivity contribution in [1.82, 2.24) is 0 Å². The fraction of sp³-hybridized carbons (Fsp3) is 0.214. The van der Waals surface area contributed by atoms with Crippen LogP contribution in [0.1, 0.15) is 4.88 Å². The van der Waals surface area contributed by atoms with Crippen molar-refractivity contribution in [3.05, 3.63) is 40.6 Å². The summed E-state index contributed by atoms with van der Waals surface area (Å²) in [6.45, 7) is 1.05. The molecule has 2 aromatic rings. The van der Waals surface area contributed by atoms with Crippen LogP contribution in [0.3, 0.4) is 0 Å². The van der Waals surface area contributed by atoms with Crippen LogP contribution in [-0.4, -0.2) is 19.1 Å². The van der Waals surface area contributed by atoms with Crippen molar-refractivity contribution >= 4 is 28.6 Å². The van der Waals surface area contributed by atoms with E-state index in [0.29, 0.717) is 31.0 Å². The van der Waals surface area contributed by atoms with Gasteiger partial charge in [-0.3, -0.25) is 4.79 Å². The molecule has 1 aromatic heterocycles. The molecule has 0 bridgehead atoms. The molecule has 0 fully saturated rings. The van der Waals surface area contributed by atoms with Crippen LogP contribution < -0.4 is 15.4 Å². The van der Waals surface area contributed by atoms with E-state index in [2.05, 4.69) is 0 Å². The molecule has 0 atom stereocenters. The third-order valence-electron chi connectivity index (χ3n) is 3.08. The molecule has 0 spiro atoms. The van der Waals surface area contributed by atoms with E-state index < -0.39 is 0 Å². The van der Waals surface area contributed by atoms with Gasteiger partial charge in [0.05, 0.1) is 24.3 Å². The first-order valence-corrected chi connectivity index (χ1v) is 6.97. The summed E-state index contributed by atoms with van der Waals surface area (Å²) in [5.74, 6) is 0.700. The molecule has 1 aromatic carbocycles. The molecule has 98 valence electrons. The van der Waals surface area contributed by atoms with Crippen LogP contribution in [0.5, 0.6) is 5.75 Å².